The lowest BCUT2D eigenvalue weighted by molar-refractivity contribution is 1.22. The molecule has 0 aliphatic carbocycles. The summed E-state index contributed by atoms with van der Waals surface area (Å²) in [7, 11) is 0. The molecule has 3 heterocycles. The van der Waals surface area contributed by atoms with Gasteiger partial charge < -0.3 is 0 Å². The van der Waals surface area contributed by atoms with E-state index in [9.17, 15) is 5.26 Å². The number of pyridine rings is 3. The van der Waals surface area contributed by atoms with Crippen molar-refractivity contribution in [1.29, 1.82) is 5.26 Å². The number of benzene rings is 5. The van der Waals surface area contributed by atoms with Crippen LogP contribution in [0.4, 0.5) is 0 Å². The van der Waals surface area contributed by atoms with Gasteiger partial charge in [0.05, 0.1) is 34.4 Å². The molecule has 46 heavy (non-hydrogen) atoms. The van der Waals surface area contributed by atoms with Crippen molar-refractivity contribution < 1.29 is 0 Å². The molecule has 0 atom stereocenters. The quantitative estimate of drug-likeness (QED) is 0.201. The fraction of sp³-hybridized carbons (Fsp3) is 0. The highest BCUT2D eigenvalue weighted by atomic mass is 14.8. The van der Waals surface area contributed by atoms with Gasteiger partial charge in [-0.05, 0) is 128 Å². The predicted octanol–water partition coefficient (Wildman–Crippen LogP) is 10.4. The van der Waals surface area contributed by atoms with E-state index in [2.05, 4.69) is 101 Å². The lowest BCUT2D eigenvalue weighted by Gasteiger charge is -2.16. The third-order valence-electron chi connectivity index (χ3n) is 8.38. The highest BCUT2D eigenvalue weighted by Crippen LogP contribution is 2.39. The van der Waals surface area contributed by atoms with Crippen molar-refractivity contribution >= 4 is 21.5 Å². The van der Waals surface area contributed by atoms with Gasteiger partial charge in [0.1, 0.15) is 0 Å². The number of fused-ring (bicyclic) bond motifs is 2. The van der Waals surface area contributed by atoms with Crippen LogP contribution in [-0.2, 0) is 0 Å². The van der Waals surface area contributed by atoms with E-state index in [-0.39, 0.29) is 0 Å². The molecule has 0 spiro atoms. The highest BCUT2D eigenvalue weighted by molar-refractivity contribution is 5.99. The molecule has 0 N–H and O–H groups in total. The number of nitrogens with zero attached hydrogens (tertiary/aromatic N) is 4. The summed E-state index contributed by atoms with van der Waals surface area (Å²) in [5.74, 6) is 0. The summed E-state index contributed by atoms with van der Waals surface area (Å²) in [5.41, 5.74) is 10.5. The van der Waals surface area contributed by atoms with Crippen LogP contribution in [0.5, 0.6) is 0 Å². The Morgan fingerprint density at radius 1 is 0.391 bits per heavy atom. The monoisotopic (exact) mass is 586 g/mol. The Balaban J connectivity index is 1.30. The van der Waals surface area contributed by atoms with Crippen molar-refractivity contribution in [3.05, 3.63) is 164 Å². The summed E-state index contributed by atoms with van der Waals surface area (Å²) in [6.07, 6.45) is 3.60. The van der Waals surface area contributed by atoms with E-state index < -0.39 is 0 Å². The molecule has 0 amide bonds. The van der Waals surface area contributed by atoms with Crippen LogP contribution in [0.2, 0.25) is 0 Å². The number of hydrogen-bond acceptors (Lipinski definition) is 4. The molecule has 5 aromatic carbocycles. The minimum atomic E-state index is 0.661. The second-order valence-electron chi connectivity index (χ2n) is 11.3. The van der Waals surface area contributed by atoms with Crippen LogP contribution in [0, 0.1) is 11.3 Å². The SMILES string of the molecule is N#Cc1ccc(-c2ccc3cc(-c4cc5ccccc5cc4-c4cc(-c5ccccn5)nc(-c5ccccn5)c4)ccc3c2)cc1. The summed E-state index contributed by atoms with van der Waals surface area (Å²) in [6, 6.07) is 52.3. The Morgan fingerprint density at radius 3 is 1.46 bits per heavy atom. The molecular formula is C42H26N4. The van der Waals surface area contributed by atoms with Crippen LogP contribution in [0.15, 0.2) is 158 Å². The normalized spacial score (nSPS) is 11.0. The predicted molar refractivity (Wildman–Crippen MR) is 187 cm³/mol. The second kappa shape index (κ2) is 11.6. The third-order valence-corrected chi connectivity index (χ3v) is 8.38. The van der Waals surface area contributed by atoms with Crippen LogP contribution in [0.1, 0.15) is 5.56 Å². The molecule has 0 fully saturated rings. The lowest BCUT2D eigenvalue weighted by atomic mass is 9.89. The standard InChI is InChI=1S/C42H26N4/c43-27-28-11-13-29(14-12-28)32-15-16-34-22-35(18-17-33(34)21-32)37-23-30-7-1-2-8-31(30)24-38(37)36-25-41(39-9-3-5-19-44-39)46-42(26-36)40-10-4-6-20-45-40/h1-26H. The molecule has 0 saturated heterocycles. The molecular weight excluding hydrogens is 560 g/mol. The molecule has 8 aromatic rings. The summed E-state index contributed by atoms with van der Waals surface area (Å²) in [6.45, 7) is 0. The third kappa shape index (κ3) is 5.17. The van der Waals surface area contributed by atoms with Crippen molar-refractivity contribution in [1.82, 2.24) is 15.0 Å². The molecule has 4 heteroatoms. The Bertz CT molecular complexity index is 2350. The molecule has 0 unspecified atom stereocenters. The van der Waals surface area contributed by atoms with Gasteiger partial charge in [-0.3, -0.25) is 9.97 Å². The van der Waals surface area contributed by atoms with Gasteiger partial charge in [0.15, 0.2) is 0 Å². The summed E-state index contributed by atoms with van der Waals surface area (Å²) >= 11 is 0. The summed E-state index contributed by atoms with van der Waals surface area (Å²) in [4.78, 5) is 14.3. The average molecular weight is 587 g/mol. The van der Waals surface area contributed by atoms with Crippen LogP contribution in [-0.4, -0.2) is 15.0 Å². The van der Waals surface area contributed by atoms with Gasteiger partial charge in [-0.15, -0.1) is 0 Å². The molecule has 3 aromatic heterocycles. The Kier molecular flexibility index (Phi) is 6.83. The second-order valence-corrected chi connectivity index (χ2v) is 11.3. The number of rotatable bonds is 5. The van der Waals surface area contributed by atoms with Crippen LogP contribution >= 0.6 is 0 Å². The van der Waals surface area contributed by atoms with E-state index in [1.54, 1.807) is 12.4 Å². The van der Waals surface area contributed by atoms with Crippen molar-refractivity contribution in [3.8, 4) is 62.2 Å². The molecule has 4 nitrogen and oxygen atoms in total. The van der Waals surface area contributed by atoms with Crippen molar-refractivity contribution in [3.63, 3.8) is 0 Å². The van der Waals surface area contributed by atoms with Gasteiger partial charge in [0.2, 0.25) is 0 Å². The maximum Gasteiger partial charge on any atom is 0.0991 e. The first-order valence-corrected chi connectivity index (χ1v) is 15.1. The minimum Gasteiger partial charge on any atom is -0.255 e. The Labute approximate surface area is 266 Å². The molecule has 214 valence electrons. The van der Waals surface area contributed by atoms with Gasteiger partial charge >= 0.3 is 0 Å². The molecule has 8 rings (SSSR count). The number of nitriles is 1. The smallest absolute Gasteiger partial charge is 0.0991 e. The van der Waals surface area contributed by atoms with Crippen LogP contribution in [0.3, 0.4) is 0 Å². The summed E-state index contributed by atoms with van der Waals surface area (Å²) in [5, 5.41) is 13.9. The fourth-order valence-electron chi connectivity index (χ4n) is 6.03. The zero-order chi connectivity index (χ0) is 30.9. The minimum absolute atomic E-state index is 0.661. The van der Waals surface area contributed by atoms with E-state index in [0.29, 0.717) is 5.56 Å². The topological polar surface area (TPSA) is 62.5 Å². The van der Waals surface area contributed by atoms with E-state index in [1.807, 2.05) is 60.7 Å². The van der Waals surface area contributed by atoms with E-state index in [0.717, 1.165) is 66.9 Å². The molecule has 0 aliphatic rings. The van der Waals surface area contributed by atoms with Gasteiger partial charge in [0.25, 0.3) is 0 Å². The van der Waals surface area contributed by atoms with Gasteiger partial charge in [-0.25, -0.2) is 4.98 Å². The maximum atomic E-state index is 9.18. The lowest BCUT2D eigenvalue weighted by Crippen LogP contribution is -1.95. The molecule has 0 aliphatic heterocycles. The van der Waals surface area contributed by atoms with Gasteiger partial charge in [-0.2, -0.15) is 5.26 Å². The first kappa shape index (κ1) is 27.1. The Hall–Kier alpha value is -6.44. The van der Waals surface area contributed by atoms with Gasteiger partial charge in [-0.1, -0.05) is 72.8 Å². The van der Waals surface area contributed by atoms with Crippen molar-refractivity contribution in [2.75, 3.05) is 0 Å². The zero-order valence-corrected chi connectivity index (χ0v) is 24.8. The first-order valence-electron chi connectivity index (χ1n) is 15.1. The highest BCUT2D eigenvalue weighted by Gasteiger charge is 2.15. The van der Waals surface area contributed by atoms with Crippen LogP contribution in [0.25, 0.3) is 77.7 Å². The van der Waals surface area contributed by atoms with E-state index in [1.165, 1.54) is 10.8 Å². The Morgan fingerprint density at radius 2 is 0.891 bits per heavy atom. The van der Waals surface area contributed by atoms with E-state index in [4.69, 9.17) is 4.98 Å². The van der Waals surface area contributed by atoms with E-state index >= 15 is 0 Å². The molecule has 0 saturated carbocycles. The van der Waals surface area contributed by atoms with Crippen molar-refractivity contribution in [2.45, 2.75) is 0 Å². The molecule has 0 bridgehead atoms. The van der Waals surface area contributed by atoms with Gasteiger partial charge in [0, 0.05) is 12.4 Å². The number of aromatic nitrogens is 3. The van der Waals surface area contributed by atoms with Crippen molar-refractivity contribution in [2.24, 2.45) is 0 Å². The zero-order valence-electron chi connectivity index (χ0n) is 24.8. The first-order chi connectivity index (χ1) is 22.7. The average Bonchev–Trinajstić information content (AvgIpc) is 3.14. The number of hydrogen-bond donors (Lipinski definition) is 0. The van der Waals surface area contributed by atoms with Crippen LogP contribution < -0.4 is 0 Å². The summed E-state index contributed by atoms with van der Waals surface area (Å²) < 4.78 is 0. The fourth-order valence-corrected chi connectivity index (χ4v) is 6.03. The largest absolute Gasteiger partial charge is 0.255 e. The maximum absolute atomic E-state index is 9.18. The molecule has 0 radical (unpaired) electrons.